The Balaban J connectivity index is 2.08. The van der Waals surface area contributed by atoms with Crippen LogP contribution < -0.4 is 5.32 Å². The second kappa shape index (κ2) is 5.59. The molecule has 0 amide bonds. The van der Waals surface area contributed by atoms with Gasteiger partial charge in [0.15, 0.2) is 5.82 Å². The molecular formula is C14H12Cl2FN. The molecule has 0 aliphatic heterocycles. The molecule has 0 saturated heterocycles. The van der Waals surface area contributed by atoms with Crippen LogP contribution in [0.4, 0.5) is 10.1 Å². The molecule has 0 aliphatic carbocycles. The van der Waals surface area contributed by atoms with E-state index >= 15 is 0 Å². The predicted octanol–water partition coefficient (Wildman–Crippen LogP) is 5.05. The van der Waals surface area contributed by atoms with Crippen LogP contribution in [0.1, 0.15) is 11.1 Å². The largest absolute Gasteiger partial charge is 0.381 e. The van der Waals surface area contributed by atoms with E-state index in [1.54, 1.807) is 0 Å². The van der Waals surface area contributed by atoms with Crippen molar-refractivity contribution in [1.82, 2.24) is 0 Å². The summed E-state index contributed by atoms with van der Waals surface area (Å²) in [6, 6.07) is 11.2. The van der Waals surface area contributed by atoms with Gasteiger partial charge in [-0.1, -0.05) is 53.0 Å². The van der Waals surface area contributed by atoms with E-state index in [0.29, 0.717) is 12.2 Å². The van der Waals surface area contributed by atoms with Crippen LogP contribution in [0.2, 0.25) is 10.0 Å². The summed E-state index contributed by atoms with van der Waals surface area (Å²) >= 11 is 11.4. The first-order valence-electron chi connectivity index (χ1n) is 5.50. The van der Waals surface area contributed by atoms with Gasteiger partial charge in [-0.3, -0.25) is 0 Å². The second-order valence-corrected chi connectivity index (χ2v) is 4.91. The van der Waals surface area contributed by atoms with E-state index in [-0.39, 0.29) is 10.0 Å². The quantitative estimate of drug-likeness (QED) is 0.777. The number of hydrogen-bond donors (Lipinski definition) is 1. The van der Waals surface area contributed by atoms with Gasteiger partial charge < -0.3 is 5.32 Å². The lowest BCUT2D eigenvalue weighted by atomic mass is 10.1. The van der Waals surface area contributed by atoms with Gasteiger partial charge in [-0.05, 0) is 24.6 Å². The Labute approximate surface area is 116 Å². The number of hydrogen-bond acceptors (Lipinski definition) is 1. The molecule has 4 heteroatoms. The van der Waals surface area contributed by atoms with Crippen LogP contribution >= 0.6 is 23.2 Å². The summed E-state index contributed by atoms with van der Waals surface area (Å²) in [7, 11) is 0. The van der Waals surface area contributed by atoms with Crippen molar-refractivity contribution in [3.05, 3.63) is 63.4 Å². The summed E-state index contributed by atoms with van der Waals surface area (Å²) in [5.41, 5.74) is 3.05. The van der Waals surface area contributed by atoms with Gasteiger partial charge in [0.05, 0.1) is 10.0 Å². The molecular weight excluding hydrogens is 272 g/mol. The molecule has 1 nitrogen and oxygen atoms in total. The minimum absolute atomic E-state index is 0.0221. The van der Waals surface area contributed by atoms with Crippen molar-refractivity contribution in [3.8, 4) is 0 Å². The van der Waals surface area contributed by atoms with E-state index in [1.807, 2.05) is 31.2 Å². The lowest BCUT2D eigenvalue weighted by Crippen LogP contribution is -1.99. The van der Waals surface area contributed by atoms with Crippen LogP contribution in [0.25, 0.3) is 0 Å². The number of aryl methyl sites for hydroxylation is 1. The van der Waals surface area contributed by atoms with E-state index in [4.69, 9.17) is 23.2 Å². The summed E-state index contributed by atoms with van der Waals surface area (Å²) < 4.78 is 13.2. The van der Waals surface area contributed by atoms with Crippen LogP contribution in [-0.2, 0) is 6.54 Å². The third kappa shape index (κ3) is 3.15. The van der Waals surface area contributed by atoms with Crippen LogP contribution in [0.3, 0.4) is 0 Å². The molecule has 2 rings (SSSR count). The maximum atomic E-state index is 13.2. The Hall–Kier alpha value is -1.25. The molecule has 0 spiro atoms. The van der Waals surface area contributed by atoms with Gasteiger partial charge in [-0.2, -0.15) is 0 Å². The fraction of sp³-hybridized carbons (Fsp3) is 0.143. The van der Waals surface area contributed by atoms with Gasteiger partial charge in [0, 0.05) is 12.2 Å². The molecule has 0 fully saturated rings. The van der Waals surface area contributed by atoms with Crippen molar-refractivity contribution in [2.45, 2.75) is 13.5 Å². The van der Waals surface area contributed by atoms with E-state index in [0.717, 1.165) is 5.56 Å². The zero-order chi connectivity index (χ0) is 13.1. The predicted molar refractivity (Wildman–Crippen MR) is 74.9 cm³/mol. The fourth-order valence-electron chi connectivity index (χ4n) is 1.57. The maximum Gasteiger partial charge on any atom is 0.160 e. The first kappa shape index (κ1) is 13.2. The number of rotatable bonds is 3. The van der Waals surface area contributed by atoms with Gasteiger partial charge in [0.25, 0.3) is 0 Å². The summed E-state index contributed by atoms with van der Waals surface area (Å²) in [6.07, 6.45) is 0. The van der Waals surface area contributed by atoms with Gasteiger partial charge in [0.2, 0.25) is 0 Å². The molecule has 94 valence electrons. The van der Waals surface area contributed by atoms with Crippen molar-refractivity contribution >= 4 is 28.9 Å². The normalized spacial score (nSPS) is 10.4. The monoisotopic (exact) mass is 283 g/mol. The van der Waals surface area contributed by atoms with Gasteiger partial charge >= 0.3 is 0 Å². The highest BCUT2D eigenvalue weighted by atomic mass is 35.5. The van der Waals surface area contributed by atoms with Crippen LogP contribution in [0.15, 0.2) is 36.4 Å². The molecule has 0 radical (unpaired) electrons. The smallest absolute Gasteiger partial charge is 0.160 e. The highest BCUT2D eigenvalue weighted by Crippen LogP contribution is 2.27. The first-order chi connectivity index (χ1) is 8.56. The van der Waals surface area contributed by atoms with Gasteiger partial charge in [0.1, 0.15) is 0 Å². The highest BCUT2D eigenvalue weighted by Gasteiger charge is 2.07. The van der Waals surface area contributed by atoms with Crippen molar-refractivity contribution in [2.24, 2.45) is 0 Å². The molecule has 0 atom stereocenters. The Morgan fingerprint density at radius 2 is 1.61 bits per heavy atom. The molecule has 2 aromatic carbocycles. The molecule has 0 unspecified atom stereocenters. The molecule has 1 N–H and O–H groups in total. The number of nitrogens with one attached hydrogen (secondary N) is 1. The maximum absolute atomic E-state index is 13.2. The molecule has 18 heavy (non-hydrogen) atoms. The average molecular weight is 284 g/mol. The Morgan fingerprint density at radius 3 is 2.17 bits per heavy atom. The van der Waals surface area contributed by atoms with Gasteiger partial charge in [-0.25, -0.2) is 4.39 Å². The second-order valence-electron chi connectivity index (χ2n) is 4.09. The Kier molecular flexibility index (Phi) is 4.10. The van der Waals surface area contributed by atoms with Crippen LogP contribution in [-0.4, -0.2) is 0 Å². The standard InChI is InChI=1S/C14H12Cl2FN/c1-9-2-4-10(5-3-9)8-18-11-6-12(15)14(17)13(16)7-11/h2-7,18H,8H2,1H3. The van der Waals surface area contributed by atoms with E-state index in [9.17, 15) is 4.39 Å². The lowest BCUT2D eigenvalue weighted by Gasteiger charge is -2.08. The molecule has 0 heterocycles. The fourth-order valence-corrected chi connectivity index (χ4v) is 2.05. The molecule has 0 bridgehead atoms. The number of benzene rings is 2. The first-order valence-corrected chi connectivity index (χ1v) is 6.26. The highest BCUT2D eigenvalue weighted by molar-refractivity contribution is 6.35. The third-order valence-electron chi connectivity index (χ3n) is 2.60. The van der Waals surface area contributed by atoms with Crippen molar-refractivity contribution in [1.29, 1.82) is 0 Å². The molecule has 0 aliphatic rings. The summed E-state index contributed by atoms with van der Waals surface area (Å²) in [5, 5.41) is 3.20. The summed E-state index contributed by atoms with van der Waals surface area (Å²) in [6.45, 7) is 2.68. The molecule has 2 aromatic rings. The SMILES string of the molecule is Cc1ccc(CNc2cc(Cl)c(F)c(Cl)c2)cc1. The van der Waals surface area contributed by atoms with Crippen molar-refractivity contribution in [3.63, 3.8) is 0 Å². The van der Waals surface area contributed by atoms with Gasteiger partial charge in [-0.15, -0.1) is 0 Å². The Morgan fingerprint density at radius 1 is 1.06 bits per heavy atom. The topological polar surface area (TPSA) is 12.0 Å². The summed E-state index contributed by atoms with van der Waals surface area (Å²) in [4.78, 5) is 0. The number of halogens is 3. The van der Waals surface area contributed by atoms with E-state index in [1.165, 1.54) is 17.7 Å². The van der Waals surface area contributed by atoms with E-state index in [2.05, 4.69) is 5.32 Å². The van der Waals surface area contributed by atoms with Crippen molar-refractivity contribution in [2.75, 3.05) is 5.32 Å². The summed E-state index contributed by atoms with van der Waals surface area (Å²) in [5.74, 6) is -0.584. The van der Waals surface area contributed by atoms with Crippen LogP contribution in [0, 0.1) is 12.7 Å². The Bertz CT molecular complexity index is 529. The number of anilines is 1. The average Bonchev–Trinajstić information content (AvgIpc) is 2.35. The molecule has 0 aromatic heterocycles. The van der Waals surface area contributed by atoms with E-state index < -0.39 is 5.82 Å². The molecule has 0 saturated carbocycles. The minimum Gasteiger partial charge on any atom is -0.381 e. The lowest BCUT2D eigenvalue weighted by molar-refractivity contribution is 0.629. The minimum atomic E-state index is -0.584. The zero-order valence-electron chi connectivity index (χ0n) is 9.81. The zero-order valence-corrected chi connectivity index (χ0v) is 11.3. The third-order valence-corrected chi connectivity index (χ3v) is 3.15. The van der Waals surface area contributed by atoms with Crippen LogP contribution in [0.5, 0.6) is 0 Å². The van der Waals surface area contributed by atoms with Crippen molar-refractivity contribution < 1.29 is 4.39 Å².